The average Bonchev–Trinajstić information content (AvgIpc) is 2.27. The Balaban J connectivity index is 2.78. The third-order valence-corrected chi connectivity index (χ3v) is 2.85. The number of amides is 1. The lowest BCUT2D eigenvalue weighted by atomic mass is 10.2. The largest absolute Gasteiger partial charge is 0.351 e. The van der Waals surface area contributed by atoms with Gasteiger partial charge in [-0.15, -0.1) is 0 Å². The minimum absolute atomic E-state index is 0.150. The molecule has 1 aromatic rings. The lowest BCUT2D eigenvalue weighted by molar-refractivity contribution is -0.387. The zero-order valence-electron chi connectivity index (χ0n) is 9.50. The summed E-state index contributed by atoms with van der Waals surface area (Å²) in [5, 5.41) is 17.4. The van der Waals surface area contributed by atoms with Crippen LogP contribution in [0.2, 0.25) is 0 Å². The third kappa shape index (κ3) is 4.60. The zero-order chi connectivity index (χ0) is 14.6. The molecule has 0 bridgehead atoms. The monoisotopic (exact) mass is 291 g/mol. The fourth-order valence-electron chi connectivity index (χ4n) is 1.20. The SMILES string of the molecule is NS(=O)(=O)CCNC(=O)c1ccc(F)c([N+](=O)[O-])c1. The summed E-state index contributed by atoms with van der Waals surface area (Å²) in [6, 6.07) is 2.60. The van der Waals surface area contributed by atoms with E-state index in [2.05, 4.69) is 5.32 Å². The maximum absolute atomic E-state index is 13.0. The van der Waals surface area contributed by atoms with E-state index in [1.165, 1.54) is 0 Å². The van der Waals surface area contributed by atoms with Gasteiger partial charge in [0.1, 0.15) is 0 Å². The van der Waals surface area contributed by atoms with Crippen LogP contribution in [0.5, 0.6) is 0 Å². The minimum atomic E-state index is -3.71. The highest BCUT2D eigenvalue weighted by molar-refractivity contribution is 7.89. The summed E-state index contributed by atoms with van der Waals surface area (Å²) in [7, 11) is -3.71. The molecule has 0 aliphatic rings. The topological polar surface area (TPSA) is 132 Å². The van der Waals surface area contributed by atoms with Crippen molar-refractivity contribution in [3.8, 4) is 0 Å². The van der Waals surface area contributed by atoms with Crippen molar-refractivity contribution in [2.24, 2.45) is 5.14 Å². The number of nitrogens with one attached hydrogen (secondary N) is 1. The van der Waals surface area contributed by atoms with Gasteiger partial charge in [0.25, 0.3) is 5.91 Å². The van der Waals surface area contributed by atoms with E-state index in [-0.39, 0.29) is 12.1 Å². The number of sulfonamides is 1. The number of nitro groups is 1. The van der Waals surface area contributed by atoms with Crippen molar-refractivity contribution in [2.75, 3.05) is 12.3 Å². The highest BCUT2D eigenvalue weighted by atomic mass is 32.2. The summed E-state index contributed by atoms with van der Waals surface area (Å²) in [6.45, 7) is -0.247. The molecule has 1 amide bonds. The molecule has 104 valence electrons. The summed E-state index contributed by atoms with van der Waals surface area (Å²) >= 11 is 0. The molecule has 0 saturated heterocycles. The molecule has 10 heteroatoms. The fourth-order valence-corrected chi connectivity index (χ4v) is 1.59. The van der Waals surface area contributed by atoms with Gasteiger partial charge in [-0.3, -0.25) is 14.9 Å². The van der Waals surface area contributed by atoms with E-state index < -0.39 is 38.1 Å². The Morgan fingerprint density at radius 2 is 2.11 bits per heavy atom. The van der Waals surface area contributed by atoms with Crippen LogP contribution in [0, 0.1) is 15.9 Å². The van der Waals surface area contributed by atoms with Crippen molar-refractivity contribution >= 4 is 21.6 Å². The fraction of sp³-hybridized carbons (Fsp3) is 0.222. The summed E-state index contributed by atoms with van der Waals surface area (Å²) < 4.78 is 34.3. The van der Waals surface area contributed by atoms with Crippen LogP contribution in [-0.2, 0) is 10.0 Å². The first-order valence-electron chi connectivity index (χ1n) is 4.93. The van der Waals surface area contributed by atoms with Crippen LogP contribution in [0.1, 0.15) is 10.4 Å². The number of nitro benzene ring substituents is 1. The normalized spacial score (nSPS) is 11.1. The van der Waals surface area contributed by atoms with Gasteiger partial charge in [-0.2, -0.15) is 4.39 Å². The molecule has 0 heterocycles. The number of hydrogen-bond donors (Lipinski definition) is 2. The molecule has 0 fully saturated rings. The maximum Gasteiger partial charge on any atom is 0.305 e. The molecule has 0 radical (unpaired) electrons. The molecule has 19 heavy (non-hydrogen) atoms. The second kappa shape index (κ2) is 5.71. The Morgan fingerprint density at radius 1 is 1.47 bits per heavy atom. The van der Waals surface area contributed by atoms with Crippen LogP contribution in [0.15, 0.2) is 18.2 Å². The first kappa shape index (κ1) is 15.0. The number of benzene rings is 1. The number of carbonyl (C=O) groups excluding carboxylic acids is 1. The number of primary sulfonamides is 1. The van der Waals surface area contributed by atoms with E-state index in [9.17, 15) is 27.7 Å². The highest BCUT2D eigenvalue weighted by Crippen LogP contribution is 2.18. The average molecular weight is 291 g/mol. The van der Waals surface area contributed by atoms with Crippen molar-refractivity contribution in [3.05, 3.63) is 39.7 Å². The second-order valence-electron chi connectivity index (χ2n) is 3.55. The van der Waals surface area contributed by atoms with Crippen LogP contribution < -0.4 is 10.5 Å². The van der Waals surface area contributed by atoms with Gasteiger partial charge in [0.05, 0.1) is 10.7 Å². The van der Waals surface area contributed by atoms with E-state index >= 15 is 0 Å². The quantitative estimate of drug-likeness (QED) is 0.570. The number of nitrogens with two attached hydrogens (primary N) is 1. The maximum atomic E-state index is 13.0. The van der Waals surface area contributed by atoms with Gasteiger partial charge in [0.2, 0.25) is 15.8 Å². The van der Waals surface area contributed by atoms with Gasteiger partial charge in [0, 0.05) is 18.2 Å². The van der Waals surface area contributed by atoms with Crippen molar-refractivity contribution in [3.63, 3.8) is 0 Å². The molecule has 0 atom stereocenters. The molecule has 1 aromatic carbocycles. The molecule has 0 aliphatic carbocycles. The molecular weight excluding hydrogens is 281 g/mol. The molecule has 0 spiro atoms. The summed E-state index contributed by atoms with van der Waals surface area (Å²) in [6.07, 6.45) is 0. The highest BCUT2D eigenvalue weighted by Gasteiger charge is 2.17. The van der Waals surface area contributed by atoms with Crippen molar-refractivity contribution in [2.45, 2.75) is 0 Å². The molecule has 0 aliphatic heterocycles. The van der Waals surface area contributed by atoms with E-state index in [1.54, 1.807) is 0 Å². The van der Waals surface area contributed by atoms with E-state index in [1.807, 2.05) is 0 Å². The predicted octanol–water partition coefficient (Wildman–Crippen LogP) is -0.248. The number of carbonyl (C=O) groups is 1. The number of hydrogen-bond acceptors (Lipinski definition) is 5. The Labute approximate surface area is 107 Å². The summed E-state index contributed by atoms with van der Waals surface area (Å²) in [4.78, 5) is 21.0. The van der Waals surface area contributed by atoms with Gasteiger partial charge in [-0.1, -0.05) is 0 Å². The third-order valence-electron chi connectivity index (χ3n) is 2.08. The van der Waals surface area contributed by atoms with Crippen LogP contribution >= 0.6 is 0 Å². The summed E-state index contributed by atoms with van der Waals surface area (Å²) in [5.74, 6) is -2.29. The molecule has 3 N–H and O–H groups in total. The molecular formula is C9H10FN3O5S. The van der Waals surface area contributed by atoms with Gasteiger partial charge in [0.15, 0.2) is 0 Å². The van der Waals surface area contributed by atoms with Gasteiger partial charge in [-0.25, -0.2) is 13.6 Å². The number of halogens is 1. The first-order valence-corrected chi connectivity index (χ1v) is 6.65. The Hall–Kier alpha value is -2.07. The van der Waals surface area contributed by atoms with Crippen LogP contribution in [-0.4, -0.2) is 31.5 Å². The van der Waals surface area contributed by atoms with Crippen LogP contribution in [0.4, 0.5) is 10.1 Å². The zero-order valence-corrected chi connectivity index (χ0v) is 10.3. The van der Waals surface area contributed by atoms with Gasteiger partial charge < -0.3 is 5.32 Å². The van der Waals surface area contributed by atoms with Gasteiger partial charge >= 0.3 is 5.69 Å². The molecule has 8 nitrogen and oxygen atoms in total. The lowest BCUT2D eigenvalue weighted by Gasteiger charge is -2.04. The number of rotatable bonds is 5. The molecule has 0 unspecified atom stereocenters. The first-order chi connectivity index (χ1) is 8.70. The second-order valence-corrected chi connectivity index (χ2v) is 5.28. The summed E-state index contributed by atoms with van der Waals surface area (Å²) in [5.41, 5.74) is -0.985. The van der Waals surface area contributed by atoms with Crippen molar-refractivity contribution < 1.29 is 22.5 Å². The van der Waals surface area contributed by atoms with Crippen molar-refractivity contribution in [1.29, 1.82) is 0 Å². The molecule has 0 saturated carbocycles. The smallest absolute Gasteiger partial charge is 0.305 e. The van der Waals surface area contributed by atoms with E-state index in [0.717, 1.165) is 18.2 Å². The lowest BCUT2D eigenvalue weighted by Crippen LogP contribution is -2.31. The molecule has 0 aromatic heterocycles. The minimum Gasteiger partial charge on any atom is -0.351 e. The van der Waals surface area contributed by atoms with Crippen LogP contribution in [0.3, 0.4) is 0 Å². The Bertz CT molecular complexity index is 616. The standard InChI is InChI=1S/C9H10FN3O5S/c10-7-2-1-6(5-8(7)13(15)16)9(14)12-3-4-19(11,17)18/h1-2,5H,3-4H2,(H,12,14)(H2,11,17,18). The number of nitrogens with zero attached hydrogens (tertiary/aromatic N) is 1. The molecule has 1 rings (SSSR count). The van der Waals surface area contributed by atoms with Crippen molar-refractivity contribution in [1.82, 2.24) is 5.32 Å². The predicted molar refractivity (Wildman–Crippen MR) is 63.4 cm³/mol. The van der Waals surface area contributed by atoms with E-state index in [4.69, 9.17) is 5.14 Å². The Kier molecular flexibility index (Phi) is 4.51. The van der Waals surface area contributed by atoms with Crippen LogP contribution in [0.25, 0.3) is 0 Å². The van der Waals surface area contributed by atoms with E-state index in [0.29, 0.717) is 0 Å². The van der Waals surface area contributed by atoms with Gasteiger partial charge in [-0.05, 0) is 12.1 Å². The Morgan fingerprint density at radius 3 is 2.63 bits per heavy atom.